The van der Waals surface area contributed by atoms with E-state index >= 15 is 0 Å². The Labute approximate surface area is 117 Å². The van der Waals surface area contributed by atoms with Gasteiger partial charge in [-0.05, 0) is 37.4 Å². The number of rotatable bonds is 3. The van der Waals surface area contributed by atoms with Gasteiger partial charge < -0.3 is 5.32 Å². The van der Waals surface area contributed by atoms with Crippen LogP contribution in [-0.4, -0.2) is 30.6 Å². The summed E-state index contributed by atoms with van der Waals surface area (Å²) in [6.45, 7) is 5.38. The summed E-state index contributed by atoms with van der Waals surface area (Å²) in [4.78, 5) is 2.21. The third-order valence-corrected chi connectivity index (χ3v) is 4.71. The van der Waals surface area contributed by atoms with Gasteiger partial charge in [-0.2, -0.15) is 0 Å². The number of nitrogens with one attached hydrogen (secondary N) is 1. The third-order valence-electron chi connectivity index (χ3n) is 4.71. The van der Waals surface area contributed by atoms with Crippen molar-refractivity contribution in [3.05, 3.63) is 35.1 Å². The minimum absolute atomic E-state index is 0.246. The Kier molecular flexibility index (Phi) is 3.73. The summed E-state index contributed by atoms with van der Waals surface area (Å²) in [5, 5.41) is 3.39. The highest BCUT2D eigenvalue weighted by Crippen LogP contribution is 2.35. The molecule has 110 valence electrons. The fourth-order valence-electron chi connectivity index (χ4n) is 3.76. The average molecular weight is 284 g/mol. The molecule has 20 heavy (non-hydrogen) atoms. The van der Waals surface area contributed by atoms with Crippen molar-refractivity contribution in [2.75, 3.05) is 19.6 Å². The Morgan fingerprint density at radius 2 is 1.90 bits per heavy atom. The van der Waals surface area contributed by atoms with E-state index in [9.17, 15) is 13.2 Å². The van der Waals surface area contributed by atoms with Crippen LogP contribution in [0.4, 0.5) is 13.2 Å². The van der Waals surface area contributed by atoms with E-state index in [1.165, 1.54) is 0 Å². The normalized spacial score (nSPS) is 29.9. The number of likely N-dealkylation sites (tertiary alicyclic amines) is 1. The van der Waals surface area contributed by atoms with Gasteiger partial charge in [0.05, 0.1) is 0 Å². The molecule has 5 heteroatoms. The van der Waals surface area contributed by atoms with Crippen molar-refractivity contribution in [1.29, 1.82) is 0 Å². The van der Waals surface area contributed by atoms with E-state index < -0.39 is 17.5 Å². The van der Waals surface area contributed by atoms with Gasteiger partial charge in [-0.1, -0.05) is 6.92 Å². The molecule has 3 unspecified atom stereocenters. The Morgan fingerprint density at radius 1 is 1.15 bits per heavy atom. The van der Waals surface area contributed by atoms with Crippen LogP contribution in [0, 0.1) is 29.3 Å². The first-order chi connectivity index (χ1) is 9.60. The molecule has 0 radical (unpaired) electrons. The lowest BCUT2D eigenvalue weighted by molar-refractivity contribution is 0.207. The number of halogens is 3. The van der Waals surface area contributed by atoms with Crippen LogP contribution in [0.25, 0.3) is 0 Å². The number of fused-ring (bicyclic) bond motifs is 1. The number of hydrogen-bond donors (Lipinski definition) is 1. The molecule has 0 saturated carbocycles. The minimum Gasteiger partial charge on any atom is -0.316 e. The van der Waals surface area contributed by atoms with Crippen molar-refractivity contribution >= 4 is 0 Å². The Bertz CT molecular complexity index is 506. The number of benzene rings is 1. The Morgan fingerprint density at radius 3 is 2.65 bits per heavy atom. The zero-order valence-electron chi connectivity index (χ0n) is 11.5. The largest absolute Gasteiger partial charge is 0.316 e. The second-order valence-corrected chi connectivity index (χ2v) is 5.84. The topological polar surface area (TPSA) is 15.3 Å². The van der Waals surface area contributed by atoms with Crippen molar-refractivity contribution in [2.24, 2.45) is 11.8 Å². The molecule has 0 spiro atoms. The van der Waals surface area contributed by atoms with E-state index in [1.807, 2.05) is 0 Å². The van der Waals surface area contributed by atoms with Crippen LogP contribution in [0.1, 0.15) is 18.9 Å². The summed E-state index contributed by atoms with van der Waals surface area (Å²) in [7, 11) is 0. The zero-order valence-corrected chi connectivity index (χ0v) is 11.5. The fraction of sp³-hybridized carbons (Fsp3) is 0.600. The van der Waals surface area contributed by atoms with Gasteiger partial charge in [-0.15, -0.1) is 0 Å². The first kappa shape index (κ1) is 13.9. The lowest BCUT2D eigenvalue weighted by Crippen LogP contribution is -2.34. The second kappa shape index (κ2) is 5.37. The summed E-state index contributed by atoms with van der Waals surface area (Å²) in [6.07, 6.45) is 0.994. The van der Waals surface area contributed by atoms with Crippen molar-refractivity contribution in [3.63, 3.8) is 0 Å². The predicted molar refractivity (Wildman–Crippen MR) is 70.7 cm³/mol. The number of hydrogen-bond acceptors (Lipinski definition) is 2. The van der Waals surface area contributed by atoms with Crippen LogP contribution in [0.2, 0.25) is 0 Å². The molecule has 3 atom stereocenters. The monoisotopic (exact) mass is 284 g/mol. The fourth-order valence-corrected chi connectivity index (χ4v) is 3.76. The van der Waals surface area contributed by atoms with Crippen molar-refractivity contribution < 1.29 is 13.2 Å². The molecule has 0 aromatic heterocycles. The molecular weight excluding hydrogens is 265 g/mol. The van der Waals surface area contributed by atoms with Gasteiger partial charge in [0, 0.05) is 30.8 Å². The van der Waals surface area contributed by atoms with E-state index in [4.69, 9.17) is 0 Å². The zero-order chi connectivity index (χ0) is 14.3. The molecule has 2 fully saturated rings. The second-order valence-electron chi connectivity index (χ2n) is 5.84. The van der Waals surface area contributed by atoms with Crippen LogP contribution in [0.3, 0.4) is 0 Å². The Balaban J connectivity index is 1.79. The molecule has 2 aliphatic heterocycles. The van der Waals surface area contributed by atoms with Crippen LogP contribution in [0.5, 0.6) is 0 Å². The third kappa shape index (κ3) is 2.33. The van der Waals surface area contributed by atoms with Crippen molar-refractivity contribution in [2.45, 2.75) is 25.9 Å². The smallest absolute Gasteiger partial charge is 0.161 e. The van der Waals surface area contributed by atoms with Crippen LogP contribution in [0.15, 0.2) is 12.1 Å². The minimum atomic E-state index is -1.12. The van der Waals surface area contributed by atoms with Gasteiger partial charge in [-0.25, -0.2) is 13.2 Å². The maximum atomic E-state index is 13.8. The maximum absolute atomic E-state index is 13.8. The quantitative estimate of drug-likeness (QED) is 0.858. The molecule has 0 aliphatic carbocycles. The molecule has 1 N–H and O–H groups in total. The van der Waals surface area contributed by atoms with E-state index in [-0.39, 0.29) is 5.56 Å². The van der Waals surface area contributed by atoms with Gasteiger partial charge >= 0.3 is 0 Å². The van der Waals surface area contributed by atoms with Gasteiger partial charge in [0.25, 0.3) is 0 Å². The standard InChI is InChI=1S/C15H19F3N2/c1-2-15-11-6-19-5-10(11)8-20(15)7-9-3-13(17)14(18)4-12(9)16/h3-4,10-11,15,19H,2,5-8H2,1H3. The van der Waals surface area contributed by atoms with Crippen LogP contribution < -0.4 is 5.32 Å². The lowest BCUT2D eigenvalue weighted by Gasteiger charge is -2.27. The van der Waals surface area contributed by atoms with Crippen LogP contribution in [-0.2, 0) is 6.54 Å². The summed E-state index contributed by atoms with van der Waals surface area (Å²) in [5.74, 6) is -1.58. The summed E-state index contributed by atoms with van der Waals surface area (Å²) < 4.78 is 40.0. The molecule has 2 saturated heterocycles. The summed E-state index contributed by atoms with van der Waals surface area (Å²) in [5.41, 5.74) is 0.246. The summed E-state index contributed by atoms with van der Waals surface area (Å²) >= 11 is 0. The molecule has 3 rings (SSSR count). The van der Waals surface area contributed by atoms with Gasteiger partial charge in [-0.3, -0.25) is 4.90 Å². The molecule has 2 nitrogen and oxygen atoms in total. The average Bonchev–Trinajstić information content (AvgIpc) is 2.96. The maximum Gasteiger partial charge on any atom is 0.161 e. The highest BCUT2D eigenvalue weighted by atomic mass is 19.2. The predicted octanol–water partition coefficient (Wildman–Crippen LogP) is 2.53. The van der Waals surface area contributed by atoms with Gasteiger partial charge in [0.15, 0.2) is 11.6 Å². The number of nitrogens with zero attached hydrogens (tertiary/aromatic N) is 1. The van der Waals surface area contributed by atoms with Crippen LogP contribution >= 0.6 is 0 Å². The highest BCUT2D eigenvalue weighted by molar-refractivity contribution is 5.20. The van der Waals surface area contributed by atoms with E-state index in [0.717, 1.165) is 32.1 Å². The van der Waals surface area contributed by atoms with E-state index in [1.54, 1.807) is 0 Å². The molecule has 2 heterocycles. The molecule has 0 amide bonds. The Hall–Kier alpha value is -1.07. The van der Waals surface area contributed by atoms with E-state index in [0.29, 0.717) is 30.5 Å². The van der Waals surface area contributed by atoms with Crippen molar-refractivity contribution in [3.8, 4) is 0 Å². The molecule has 2 aliphatic rings. The van der Waals surface area contributed by atoms with Crippen molar-refractivity contribution in [1.82, 2.24) is 10.2 Å². The van der Waals surface area contributed by atoms with Gasteiger partial charge in [0.2, 0.25) is 0 Å². The SMILES string of the molecule is CCC1C2CNCC2CN1Cc1cc(F)c(F)cc1F. The van der Waals surface area contributed by atoms with E-state index in [2.05, 4.69) is 17.1 Å². The molecule has 0 bridgehead atoms. The molecular formula is C15H19F3N2. The molecule has 1 aromatic carbocycles. The highest BCUT2D eigenvalue weighted by Gasteiger charge is 2.43. The first-order valence-electron chi connectivity index (χ1n) is 7.18. The molecule has 1 aromatic rings. The first-order valence-corrected chi connectivity index (χ1v) is 7.18. The lowest BCUT2D eigenvalue weighted by atomic mass is 9.93. The van der Waals surface area contributed by atoms with Gasteiger partial charge in [0.1, 0.15) is 5.82 Å². The summed E-state index contributed by atoms with van der Waals surface area (Å²) in [6, 6.07) is 2.02.